The van der Waals surface area contributed by atoms with E-state index in [4.69, 9.17) is 18.0 Å². The highest BCUT2D eigenvalue weighted by Crippen LogP contribution is 2.25. The lowest BCUT2D eigenvalue weighted by Crippen LogP contribution is -2.25. The number of pyridine rings is 1. The summed E-state index contributed by atoms with van der Waals surface area (Å²) >= 11 is 5.28. The highest BCUT2D eigenvalue weighted by Gasteiger charge is 2.04. The molecular weight excluding hydrogens is 318 g/mol. The standard InChI is InChI=1S/C18H17N5S/c1-12(16-8-4-5-9-20-16)22-23-18(24)21-17-11-14-7-3-2-6-13(14)10-15(17)19/h2-11H,19H2,1H3,(H2,21,23,24)/b22-12+. The van der Waals surface area contributed by atoms with Gasteiger partial charge in [0.1, 0.15) is 0 Å². The van der Waals surface area contributed by atoms with Crippen LogP contribution in [0.4, 0.5) is 11.4 Å². The summed E-state index contributed by atoms with van der Waals surface area (Å²) in [5, 5.41) is 9.86. The van der Waals surface area contributed by atoms with E-state index in [-0.39, 0.29) is 0 Å². The first-order valence-electron chi connectivity index (χ1n) is 7.44. The van der Waals surface area contributed by atoms with E-state index < -0.39 is 0 Å². The maximum Gasteiger partial charge on any atom is 0.191 e. The Bertz CT molecular complexity index is 906. The van der Waals surface area contributed by atoms with Crippen LogP contribution in [0.2, 0.25) is 0 Å². The topological polar surface area (TPSA) is 75.3 Å². The molecule has 0 amide bonds. The molecule has 1 aromatic heterocycles. The van der Waals surface area contributed by atoms with Crippen LogP contribution in [0, 0.1) is 0 Å². The zero-order valence-electron chi connectivity index (χ0n) is 13.2. The summed E-state index contributed by atoms with van der Waals surface area (Å²) in [6.45, 7) is 1.86. The van der Waals surface area contributed by atoms with Gasteiger partial charge in [0.2, 0.25) is 0 Å². The third kappa shape index (κ3) is 3.67. The number of benzene rings is 2. The van der Waals surface area contributed by atoms with Gasteiger partial charge in [0.05, 0.1) is 22.8 Å². The molecule has 6 heteroatoms. The molecule has 120 valence electrons. The second kappa shape index (κ2) is 7.06. The zero-order valence-corrected chi connectivity index (χ0v) is 14.0. The van der Waals surface area contributed by atoms with Crippen molar-refractivity contribution in [3.8, 4) is 0 Å². The van der Waals surface area contributed by atoms with Crippen molar-refractivity contribution in [1.82, 2.24) is 10.4 Å². The fourth-order valence-electron chi connectivity index (χ4n) is 2.29. The second-order valence-electron chi connectivity index (χ2n) is 5.26. The molecular formula is C18H17N5S. The first kappa shape index (κ1) is 15.9. The van der Waals surface area contributed by atoms with Gasteiger partial charge in [0, 0.05) is 6.20 Å². The number of nitrogens with two attached hydrogens (primary N) is 1. The lowest BCUT2D eigenvalue weighted by Gasteiger charge is -2.11. The van der Waals surface area contributed by atoms with Crippen molar-refractivity contribution in [2.45, 2.75) is 6.92 Å². The van der Waals surface area contributed by atoms with E-state index in [0.717, 1.165) is 27.9 Å². The predicted octanol–water partition coefficient (Wildman–Crippen LogP) is 3.53. The summed E-state index contributed by atoms with van der Waals surface area (Å²) in [4.78, 5) is 4.23. The van der Waals surface area contributed by atoms with Gasteiger partial charge < -0.3 is 11.1 Å². The molecule has 0 aliphatic heterocycles. The third-order valence-electron chi connectivity index (χ3n) is 3.53. The minimum absolute atomic E-state index is 0.368. The Morgan fingerprint density at radius 1 is 1.08 bits per heavy atom. The number of anilines is 2. The van der Waals surface area contributed by atoms with Gasteiger partial charge in [-0.25, -0.2) is 0 Å². The number of nitrogen functional groups attached to an aromatic ring is 1. The summed E-state index contributed by atoms with van der Waals surface area (Å²) in [6, 6.07) is 17.6. The summed E-state index contributed by atoms with van der Waals surface area (Å²) in [5.41, 5.74) is 11.8. The SMILES string of the molecule is C/C(=N\NC(=S)Nc1cc2ccccc2cc1N)c1ccccn1. The Labute approximate surface area is 145 Å². The summed E-state index contributed by atoms with van der Waals surface area (Å²) < 4.78 is 0. The smallest absolute Gasteiger partial charge is 0.191 e. The van der Waals surface area contributed by atoms with Crippen LogP contribution >= 0.6 is 12.2 Å². The van der Waals surface area contributed by atoms with Crippen LogP contribution in [-0.4, -0.2) is 15.8 Å². The fraction of sp³-hybridized carbons (Fsp3) is 0.0556. The van der Waals surface area contributed by atoms with Gasteiger partial charge in [-0.15, -0.1) is 0 Å². The maximum atomic E-state index is 6.09. The van der Waals surface area contributed by atoms with Crippen LogP contribution in [0.15, 0.2) is 65.9 Å². The highest BCUT2D eigenvalue weighted by atomic mass is 32.1. The van der Waals surface area contributed by atoms with Gasteiger partial charge in [-0.3, -0.25) is 10.4 Å². The molecule has 0 spiro atoms. The van der Waals surface area contributed by atoms with Crippen LogP contribution in [0.3, 0.4) is 0 Å². The summed E-state index contributed by atoms with van der Waals surface area (Å²) in [5.74, 6) is 0. The Morgan fingerprint density at radius 3 is 2.50 bits per heavy atom. The summed E-state index contributed by atoms with van der Waals surface area (Å²) in [7, 11) is 0. The zero-order chi connectivity index (χ0) is 16.9. The maximum absolute atomic E-state index is 6.09. The minimum atomic E-state index is 0.368. The van der Waals surface area contributed by atoms with Crippen molar-refractivity contribution in [3.63, 3.8) is 0 Å². The molecule has 0 bridgehead atoms. The number of nitrogens with one attached hydrogen (secondary N) is 2. The molecule has 3 rings (SSSR count). The Morgan fingerprint density at radius 2 is 1.79 bits per heavy atom. The van der Waals surface area contributed by atoms with Gasteiger partial charge in [-0.1, -0.05) is 30.3 Å². The number of hydrogen-bond donors (Lipinski definition) is 3. The molecule has 0 radical (unpaired) electrons. The molecule has 2 aromatic carbocycles. The van der Waals surface area contributed by atoms with E-state index in [9.17, 15) is 0 Å². The molecule has 0 unspecified atom stereocenters. The number of fused-ring (bicyclic) bond motifs is 1. The fourth-order valence-corrected chi connectivity index (χ4v) is 2.44. The molecule has 4 N–H and O–H groups in total. The monoisotopic (exact) mass is 335 g/mol. The van der Waals surface area contributed by atoms with E-state index in [1.54, 1.807) is 6.20 Å². The largest absolute Gasteiger partial charge is 0.397 e. The Hall–Kier alpha value is -2.99. The van der Waals surface area contributed by atoms with Crippen molar-refractivity contribution >= 4 is 45.2 Å². The Balaban J connectivity index is 1.72. The van der Waals surface area contributed by atoms with Gasteiger partial charge in [0.25, 0.3) is 0 Å². The molecule has 0 saturated carbocycles. The number of nitrogens with zero attached hydrogens (tertiary/aromatic N) is 2. The quantitative estimate of drug-likeness (QED) is 0.295. The number of thiocarbonyl (C=S) groups is 1. The molecule has 0 fully saturated rings. The van der Waals surface area contributed by atoms with Gasteiger partial charge in [-0.05, 0) is 54.2 Å². The van der Waals surface area contributed by atoms with Crippen molar-refractivity contribution < 1.29 is 0 Å². The van der Waals surface area contributed by atoms with Crippen molar-refractivity contribution in [2.24, 2.45) is 5.10 Å². The number of hydrogen-bond acceptors (Lipinski definition) is 4. The van der Waals surface area contributed by atoms with Crippen LogP contribution in [0.1, 0.15) is 12.6 Å². The van der Waals surface area contributed by atoms with Crippen molar-refractivity contribution in [1.29, 1.82) is 0 Å². The molecule has 0 aliphatic rings. The second-order valence-corrected chi connectivity index (χ2v) is 5.67. The van der Waals surface area contributed by atoms with Crippen molar-refractivity contribution in [3.05, 3.63) is 66.5 Å². The Kier molecular flexibility index (Phi) is 4.67. The van der Waals surface area contributed by atoms with E-state index in [0.29, 0.717) is 10.8 Å². The molecule has 0 atom stereocenters. The van der Waals surface area contributed by atoms with E-state index in [1.807, 2.05) is 61.5 Å². The number of aromatic nitrogens is 1. The van der Waals surface area contributed by atoms with Crippen LogP contribution in [0.25, 0.3) is 10.8 Å². The molecule has 1 heterocycles. The number of rotatable bonds is 3. The first-order valence-corrected chi connectivity index (χ1v) is 7.85. The highest BCUT2D eigenvalue weighted by molar-refractivity contribution is 7.80. The van der Waals surface area contributed by atoms with E-state index in [2.05, 4.69) is 20.8 Å². The first-order chi connectivity index (χ1) is 11.6. The lowest BCUT2D eigenvalue weighted by molar-refractivity contribution is 1.03. The average Bonchev–Trinajstić information content (AvgIpc) is 2.61. The van der Waals surface area contributed by atoms with Crippen LogP contribution in [0.5, 0.6) is 0 Å². The minimum Gasteiger partial charge on any atom is -0.397 e. The third-order valence-corrected chi connectivity index (χ3v) is 3.72. The lowest BCUT2D eigenvalue weighted by atomic mass is 10.1. The van der Waals surface area contributed by atoms with Gasteiger partial charge >= 0.3 is 0 Å². The number of hydrazone groups is 1. The molecule has 3 aromatic rings. The average molecular weight is 335 g/mol. The predicted molar refractivity (Wildman–Crippen MR) is 104 cm³/mol. The van der Waals surface area contributed by atoms with Gasteiger partial charge in [-0.2, -0.15) is 5.10 Å². The van der Waals surface area contributed by atoms with E-state index >= 15 is 0 Å². The molecule has 24 heavy (non-hydrogen) atoms. The van der Waals surface area contributed by atoms with Crippen LogP contribution in [-0.2, 0) is 0 Å². The van der Waals surface area contributed by atoms with E-state index in [1.165, 1.54) is 0 Å². The van der Waals surface area contributed by atoms with Gasteiger partial charge in [0.15, 0.2) is 5.11 Å². The molecule has 0 saturated heterocycles. The molecule has 0 aliphatic carbocycles. The normalized spacial score (nSPS) is 11.3. The summed E-state index contributed by atoms with van der Waals surface area (Å²) in [6.07, 6.45) is 1.72. The van der Waals surface area contributed by atoms with Crippen molar-refractivity contribution in [2.75, 3.05) is 11.1 Å². The molecule has 5 nitrogen and oxygen atoms in total. The van der Waals surface area contributed by atoms with Crippen LogP contribution < -0.4 is 16.5 Å².